The van der Waals surface area contributed by atoms with Crippen LogP contribution in [0.2, 0.25) is 0 Å². The first-order valence-corrected chi connectivity index (χ1v) is 4.21. The molecule has 0 aromatic carbocycles. The lowest BCUT2D eigenvalue weighted by Crippen LogP contribution is -2.40. The van der Waals surface area contributed by atoms with Crippen LogP contribution in [0, 0.1) is 5.92 Å². The number of hydrogen-bond acceptors (Lipinski definition) is 2. The maximum atomic E-state index is 8.80. The minimum atomic E-state index is 0.347. The SMILES string of the molecule is OCCC12CCC(CN1)C2. The Kier molecular flexibility index (Phi) is 1.46. The summed E-state index contributed by atoms with van der Waals surface area (Å²) in [6, 6.07) is 0. The molecule has 2 bridgehead atoms. The van der Waals surface area contributed by atoms with Gasteiger partial charge >= 0.3 is 0 Å². The van der Waals surface area contributed by atoms with Crippen LogP contribution in [-0.2, 0) is 0 Å². The third kappa shape index (κ3) is 0.867. The quantitative estimate of drug-likeness (QED) is 0.587. The lowest BCUT2D eigenvalue weighted by molar-refractivity contribution is 0.223. The van der Waals surface area contributed by atoms with E-state index in [1.54, 1.807) is 0 Å². The Balaban J connectivity index is 2.01. The van der Waals surface area contributed by atoms with Gasteiger partial charge in [-0.2, -0.15) is 0 Å². The largest absolute Gasteiger partial charge is 0.396 e. The van der Waals surface area contributed by atoms with Crippen molar-refractivity contribution >= 4 is 0 Å². The Morgan fingerprint density at radius 2 is 2.50 bits per heavy atom. The molecular weight excluding hydrogens is 126 g/mol. The van der Waals surface area contributed by atoms with Gasteiger partial charge < -0.3 is 10.4 Å². The molecule has 1 heterocycles. The third-order valence-electron chi connectivity index (χ3n) is 3.07. The van der Waals surface area contributed by atoms with Gasteiger partial charge in [0.1, 0.15) is 0 Å². The zero-order chi connectivity index (χ0) is 7.03. The van der Waals surface area contributed by atoms with Crippen LogP contribution in [0.3, 0.4) is 0 Å². The van der Waals surface area contributed by atoms with Crippen LogP contribution in [0.1, 0.15) is 25.7 Å². The highest BCUT2D eigenvalue weighted by Crippen LogP contribution is 2.41. The molecule has 2 aliphatic rings. The van der Waals surface area contributed by atoms with Crippen LogP contribution < -0.4 is 5.32 Å². The lowest BCUT2D eigenvalue weighted by Gasteiger charge is -2.26. The second-order valence-corrected chi connectivity index (χ2v) is 3.74. The lowest BCUT2D eigenvalue weighted by atomic mass is 9.95. The normalized spacial score (nSPS) is 44.7. The summed E-state index contributed by atoms with van der Waals surface area (Å²) in [6.07, 6.45) is 4.95. The van der Waals surface area contributed by atoms with Gasteiger partial charge in [0.05, 0.1) is 0 Å². The van der Waals surface area contributed by atoms with Crippen molar-refractivity contribution in [2.45, 2.75) is 31.2 Å². The number of fused-ring (bicyclic) bond motifs is 2. The molecule has 2 unspecified atom stereocenters. The summed E-state index contributed by atoms with van der Waals surface area (Å²) < 4.78 is 0. The van der Waals surface area contributed by atoms with Gasteiger partial charge in [-0.15, -0.1) is 0 Å². The molecule has 0 spiro atoms. The second-order valence-electron chi connectivity index (χ2n) is 3.74. The molecule has 1 saturated heterocycles. The first kappa shape index (κ1) is 6.62. The molecule has 0 aromatic heterocycles. The average molecular weight is 141 g/mol. The highest BCUT2D eigenvalue weighted by atomic mass is 16.3. The number of aliphatic hydroxyl groups excluding tert-OH is 1. The zero-order valence-corrected chi connectivity index (χ0v) is 6.27. The third-order valence-corrected chi connectivity index (χ3v) is 3.07. The van der Waals surface area contributed by atoms with Crippen molar-refractivity contribution in [2.24, 2.45) is 5.92 Å². The summed E-state index contributed by atoms with van der Waals surface area (Å²) in [5, 5.41) is 12.3. The fourth-order valence-electron chi connectivity index (χ4n) is 2.46. The van der Waals surface area contributed by atoms with Gasteiger partial charge in [0.15, 0.2) is 0 Å². The Labute approximate surface area is 61.6 Å². The van der Waals surface area contributed by atoms with E-state index < -0.39 is 0 Å². The second kappa shape index (κ2) is 2.21. The van der Waals surface area contributed by atoms with Gasteiger partial charge in [0, 0.05) is 12.1 Å². The maximum absolute atomic E-state index is 8.80. The van der Waals surface area contributed by atoms with Crippen LogP contribution in [0.5, 0.6) is 0 Å². The van der Waals surface area contributed by atoms with Crippen molar-refractivity contribution < 1.29 is 5.11 Å². The summed E-state index contributed by atoms with van der Waals surface area (Å²) in [5.41, 5.74) is 0.361. The Bertz CT molecular complexity index is 127. The molecular formula is C8H15NO. The Morgan fingerprint density at radius 1 is 1.60 bits per heavy atom. The number of hydrogen-bond donors (Lipinski definition) is 2. The molecule has 58 valence electrons. The molecule has 1 saturated carbocycles. The van der Waals surface area contributed by atoms with E-state index >= 15 is 0 Å². The predicted molar refractivity (Wildman–Crippen MR) is 39.8 cm³/mol. The summed E-state index contributed by atoms with van der Waals surface area (Å²) >= 11 is 0. The summed E-state index contributed by atoms with van der Waals surface area (Å²) in [5.74, 6) is 0.923. The Hall–Kier alpha value is -0.0800. The van der Waals surface area contributed by atoms with Gasteiger partial charge in [-0.3, -0.25) is 0 Å². The van der Waals surface area contributed by atoms with Gasteiger partial charge in [0.2, 0.25) is 0 Å². The van der Waals surface area contributed by atoms with Crippen LogP contribution in [0.15, 0.2) is 0 Å². The number of nitrogens with one attached hydrogen (secondary N) is 1. The molecule has 1 aliphatic heterocycles. The molecule has 2 nitrogen and oxygen atoms in total. The minimum absolute atomic E-state index is 0.347. The fraction of sp³-hybridized carbons (Fsp3) is 1.00. The first-order chi connectivity index (χ1) is 4.85. The average Bonchev–Trinajstić information content (AvgIpc) is 2.46. The van der Waals surface area contributed by atoms with E-state index in [1.807, 2.05) is 0 Å². The first-order valence-electron chi connectivity index (χ1n) is 4.21. The van der Waals surface area contributed by atoms with E-state index in [0.29, 0.717) is 12.1 Å². The molecule has 2 fully saturated rings. The van der Waals surface area contributed by atoms with Gasteiger partial charge in [-0.25, -0.2) is 0 Å². The molecule has 2 N–H and O–H groups in total. The molecule has 1 aliphatic carbocycles. The van der Waals surface area contributed by atoms with E-state index in [1.165, 1.54) is 25.8 Å². The van der Waals surface area contributed by atoms with E-state index in [9.17, 15) is 0 Å². The van der Waals surface area contributed by atoms with Crippen LogP contribution in [-0.4, -0.2) is 23.8 Å². The van der Waals surface area contributed by atoms with Crippen LogP contribution in [0.4, 0.5) is 0 Å². The van der Waals surface area contributed by atoms with Crippen molar-refractivity contribution in [2.75, 3.05) is 13.2 Å². The number of aliphatic hydroxyl groups is 1. The molecule has 0 radical (unpaired) electrons. The topological polar surface area (TPSA) is 32.3 Å². The predicted octanol–water partition coefficient (Wildman–Crippen LogP) is 0.511. The molecule has 2 heteroatoms. The van der Waals surface area contributed by atoms with E-state index in [0.717, 1.165) is 12.3 Å². The van der Waals surface area contributed by atoms with E-state index in [-0.39, 0.29) is 0 Å². The van der Waals surface area contributed by atoms with Crippen molar-refractivity contribution in [3.63, 3.8) is 0 Å². The smallest absolute Gasteiger partial charge is 0.0448 e. The Morgan fingerprint density at radius 3 is 2.90 bits per heavy atom. The fourth-order valence-corrected chi connectivity index (χ4v) is 2.46. The van der Waals surface area contributed by atoms with E-state index in [4.69, 9.17) is 5.11 Å². The summed E-state index contributed by atoms with van der Waals surface area (Å²) in [6.45, 7) is 1.54. The van der Waals surface area contributed by atoms with Crippen molar-refractivity contribution in [1.29, 1.82) is 0 Å². The maximum Gasteiger partial charge on any atom is 0.0448 e. The van der Waals surface area contributed by atoms with Crippen molar-refractivity contribution in [3.05, 3.63) is 0 Å². The minimum Gasteiger partial charge on any atom is -0.396 e. The molecule has 2 atom stereocenters. The van der Waals surface area contributed by atoms with E-state index in [2.05, 4.69) is 5.32 Å². The molecule has 10 heavy (non-hydrogen) atoms. The van der Waals surface area contributed by atoms with Gasteiger partial charge in [-0.1, -0.05) is 0 Å². The monoisotopic (exact) mass is 141 g/mol. The van der Waals surface area contributed by atoms with Gasteiger partial charge in [-0.05, 0) is 38.1 Å². The zero-order valence-electron chi connectivity index (χ0n) is 6.27. The summed E-state index contributed by atoms with van der Waals surface area (Å²) in [7, 11) is 0. The molecule has 0 aromatic rings. The van der Waals surface area contributed by atoms with Crippen molar-refractivity contribution in [1.82, 2.24) is 5.32 Å². The van der Waals surface area contributed by atoms with Crippen LogP contribution in [0.25, 0.3) is 0 Å². The molecule has 0 amide bonds. The highest BCUT2D eigenvalue weighted by Gasteiger charge is 2.43. The number of piperidine rings is 1. The number of rotatable bonds is 2. The van der Waals surface area contributed by atoms with Crippen LogP contribution >= 0.6 is 0 Å². The standard InChI is InChI=1S/C8H15NO/c10-4-3-8-2-1-7(5-8)6-9-8/h7,9-10H,1-6H2. The molecule has 2 rings (SSSR count). The van der Waals surface area contributed by atoms with Gasteiger partial charge in [0.25, 0.3) is 0 Å². The highest BCUT2D eigenvalue weighted by molar-refractivity contribution is 5.02. The summed E-state index contributed by atoms with van der Waals surface area (Å²) in [4.78, 5) is 0. The van der Waals surface area contributed by atoms with Crippen molar-refractivity contribution in [3.8, 4) is 0 Å².